The number of benzene rings is 1. The van der Waals surface area contributed by atoms with Gasteiger partial charge in [0.05, 0.1) is 24.4 Å². The van der Waals surface area contributed by atoms with E-state index in [1.165, 1.54) is 12.8 Å². The average Bonchev–Trinajstić information content (AvgIpc) is 3.15. The molecule has 0 aliphatic heterocycles. The van der Waals surface area contributed by atoms with Crippen LogP contribution >= 0.6 is 0 Å². The lowest BCUT2D eigenvalue weighted by Crippen LogP contribution is -2.31. The molecule has 1 fully saturated rings. The molecule has 1 aromatic heterocycles. The first-order valence-corrected chi connectivity index (χ1v) is 9.37. The molecule has 3 unspecified atom stereocenters. The van der Waals surface area contributed by atoms with Gasteiger partial charge >= 0.3 is 6.03 Å². The van der Waals surface area contributed by atoms with Crippen molar-refractivity contribution in [1.29, 1.82) is 0 Å². The Morgan fingerprint density at radius 3 is 3.04 bits per heavy atom. The monoisotopic (exact) mass is 356 g/mol. The van der Waals surface area contributed by atoms with E-state index in [1.54, 1.807) is 6.20 Å². The van der Waals surface area contributed by atoms with Crippen LogP contribution in [0.25, 0.3) is 0 Å². The lowest BCUT2D eigenvalue weighted by atomic mass is 9.89. The highest BCUT2D eigenvalue weighted by Gasteiger charge is 2.19. The van der Waals surface area contributed by atoms with Crippen molar-refractivity contribution in [3.63, 3.8) is 0 Å². The summed E-state index contributed by atoms with van der Waals surface area (Å²) in [6.45, 7) is 4.78. The van der Waals surface area contributed by atoms with Crippen LogP contribution in [0.3, 0.4) is 0 Å². The third kappa shape index (κ3) is 5.33. The minimum atomic E-state index is -0.244. The number of carbonyl (C=O) groups is 1. The molecule has 0 bridgehead atoms. The highest BCUT2D eigenvalue weighted by Crippen LogP contribution is 2.26. The highest BCUT2D eigenvalue weighted by atomic mass is 16.5. The van der Waals surface area contributed by atoms with E-state index in [9.17, 15) is 4.79 Å². The number of amides is 2. The molecular weight excluding hydrogens is 328 g/mol. The van der Waals surface area contributed by atoms with E-state index >= 15 is 0 Å². The van der Waals surface area contributed by atoms with Gasteiger partial charge in [-0.15, -0.1) is 0 Å². The standard InChI is InChI=1S/C20H28N4O2/c1-14-5-3-8-18(11-14)26-13-16-6-4-7-17(12-16)23-20(25)22-15(2)19-9-10-21-24-19/h4,6-7,9-10,12,14-15,18H,3,5,8,11,13H2,1-2H3,(H,21,24)(H2,22,23,25). The Hall–Kier alpha value is -2.34. The fourth-order valence-electron chi connectivity index (χ4n) is 3.43. The molecule has 2 aromatic rings. The van der Waals surface area contributed by atoms with Crippen molar-refractivity contribution in [2.45, 2.75) is 58.3 Å². The summed E-state index contributed by atoms with van der Waals surface area (Å²) in [7, 11) is 0. The van der Waals surface area contributed by atoms with Crippen LogP contribution in [0.15, 0.2) is 36.5 Å². The summed E-state index contributed by atoms with van der Waals surface area (Å²) in [6, 6.07) is 9.27. The maximum absolute atomic E-state index is 12.2. The van der Waals surface area contributed by atoms with E-state index in [2.05, 4.69) is 27.8 Å². The van der Waals surface area contributed by atoms with Gasteiger partial charge in [-0.2, -0.15) is 5.10 Å². The Labute approximate surface area is 154 Å². The van der Waals surface area contributed by atoms with E-state index in [0.29, 0.717) is 12.7 Å². The van der Waals surface area contributed by atoms with Gasteiger partial charge in [0.2, 0.25) is 0 Å². The normalized spacial score (nSPS) is 21.2. The molecule has 6 heteroatoms. The fourth-order valence-corrected chi connectivity index (χ4v) is 3.43. The second kappa shape index (κ2) is 8.85. The summed E-state index contributed by atoms with van der Waals surface area (Å²) in [5.41, 5.74) is 2.70. The molecule has 0 radical (unpaired) electrons. The van der Waals surface area contributed by atoms with E-state index in [1.807, 2.05) is 37.3 Å². The predicted octanol–water partition coefficient (Wildman–Crippen LogP) is 4.39. The molecule has 140 valence electrons. The van der Waals surface area contributed by atoms with Gasteiger partial charge < -0.3 is 15.4 Å². The zero-order chi connectivity index (χ0) is 18.4. The number of rotatable bonds is 6. The Morgan fingerprint density at radius 2 is 2.27 bits per heavy atom. The third-order valence-electron chi connectivity index (χ3n) is 4.90. The summed E-state index contributed by atoms with van der Waals surface area (Å²) in [4.78, 5) is 12.2. The van der Waals surface area contributed by atoms with Crippen LogP contribution < -0.4 is 10.6 Å². The number of hydrogen-bond donors (Lipinski definition) is 3. The van der Waals surface area contributed by atoms with Gasteiger partial charge in [-0.25, -0.2) is 4.79 Å². The van der Waals surface area contributed by atoms with E-state index in [0.717, 1.165) is 35.7 Å². The largest absolute Gasteiger partial charge is 0.374 e. The number of nitrogens with zero attached hydrogens (tertiary/aromatic N) is 1. The second-order valence-corrected chi connectivity index (χ2v) is 7.24. The van der Waals surface area contributed by atoms with Crippen molar-refractivity contribution < 1.29 is 9.53 Å². The van der Waals surface area contributed by atoms with Gasteiger partial charge in [0.1, 0.15) is 0 Å². The van der Waals surface area contributed by atoms with Gasteiger partial charge in [-0.3, -0.25) is 5.10 Å². The lowest BCUT2D eigenvalue weighted by molar-refractivity contribution is 0.00468. The first-order chi connectivity index (χ1) is 12.6. The number of hydrogen-bond acceptors (Lipinski definition) is 3. The lowest BCUT2D eigenvalue weighted by Gasteiger charge is -2.26. The topological polar surface area (TPSA) is 79.0 Å². The number of H-pyrrole nitrogens is 1. The zero-order valence-corrected chi connectivity index (χ0v) is 15.5. The van der Waals surface area contributed by atoms with Crippen LogP contribution in [-0.4, -0.2) is 22.3 Å². The molecule has 1 heterocycles. The number of anilines is 1. The molecule has 3 rings (SSSR count). The van der Waals surface area contributed by atoms with Crippen molar-refractivity contribution in [2.75, 3.05) is 5.32 Å². The fraction of sp³-hybridized carbons (Fsp3) is 0.500. The summed E-state index contributed by atoms with van der Waals surface area (Å²) < 4.78 is 6.07. The predicted molar refractivity (Wildman–Crippen MR) is 102 cm³/mol. The molecule has 1 aliphatic carbocycles. The number of carbonyl (C=O) groups excluding carboxylic acids is 1. The van der Waals surface area contributed by atoms with E-state index < -0.39 is 0 Å². The maximum atomic E-state index is 12.2. The summed E-state index contributed by atoms with van der Waals surface area (Å²) in [6.07, 6.45) is 6.88. The van der Waals surface area contributed by atoms with Gasteiger partial charge in [0, 0.05) is 11.9 Å². The molecule has 0 spiro atoms. The molecule has 0 saturated heterocycles. The van der Waals surface area contributed by atoms with Crippen molar-refractivity contribution >= 4 is 11.7 Å². The Balaban J connectivity index is 1.49. The SMILES string of the molecule is CC1CCCC(OCc2cccc(NC(=O)NC(C)c3ccn[nH]3)c2)C1. The van der Waals surface area contributed by atoms with E-state index in [4.69, 9.17) is 4.74 Å². The van der Waals surface area contributed by atoms with Gasteiger partial charge in [-0.1, -0.05) is 31.9 Å². The number of aromatic nitrogens is 2. The molecule has 6 nitrogen and oxygen atoms in total. The van der Waals surface area contributed by atoms with Gasteiger partial charge in [-0.05, 0) is 49.4 Å². The molecule has 26 heavy (non-hydrogen) atoms. The molecule has 3 N–H and O–H groups in total. The Morgan fingerprint density at radius 1 is 1.38 bits per heavy atom. The van der Waals surface area contributed by atoms with Crippen LogP contribution in [0.2, 0.25) is 0 Å². The zero-order valence-electron chi connectivity index (χ0n) is 15.5. The number of aromatic amines is 1. The molecule has 1 aliphatic rings. The molecular formula is C20H28N4O2. The Kier molecular flexibility index (Phi) is 6.28. The number of ether oxygens (including phenoxy) is 1. The summed E-state index contributed by atoms with van der Waals surface area (Å²) in [5, 5.41) is 12.5. The molecule has 1 saturated carbocycles. The van der Waals surface area contributed by atoms with Gasteiger partial charge in [0.15, 0.2) is 0 Å². The highest BCUT2D eigenvalue weighted by molar-refractivity contribution is 5.89. The number of nitrogens with one attached hydrogen (secondary N) is 3. The van der Waals surface area contributed by atoms with Crippen molar-refractivity contribution in [3.8, 4) is 0 Å². The van der Waals surface area contributed by atoms with Crippen molar-refractivity contribution in [3.05, 3.63) is 47.8 Å². The Bertz CT molecular complexity index is 702. The smallest absolute Gasteiger partial charge is 0.319 e. The summed E-state index contributed by atoms with van der Waals surface area (Å²) in [5.74, 6) is 0.752. The third-order valence-corrected chi connectivity index (χ3v) is 4.90. The van der Waals surface area contributed by atoms with Crippen LogP contribution in [0.4, 0.5) is 10.5 Å². The van der Waals surface area contributed by atoms with Gasteiger partial charge in [0.25, 0.3) is 0 Å². The minimum Gasteiger partial charge on any atom is -0.374 e. The molecule has 1 aromatic carbocycles. The minimum absolute atomic E-state index is 0.141. The first-order valence-electron chi connectivity index (χ1n) is 9.37. The first kappa shape index (κ1) is 18.5. The van der Waals surface area contributed by atoms with Crippen molar-refractivity contribution in [1.82, 2.24) is 15.5 Å². The van der Waals surface area contributed by atoms with Crippen LogP contribution in [-0.2, 0) is 11.3 Å². The second-order valence-electron chi connectivity index (χ2n) is 7.24. The average molecular weight is 356 g/mol. The molecule has 3 atom stereocenters. The van der Waals surface area contributed by atoms with Crippen LogP contribution in [0.1, 0.15) is 56.8 Å². The molecule has 2 amide bonds. The van der Waals surface area contributed by atoms with Crippen LogP contribution in [0.5, 0.6) is 0 Å². The van der Waals surface area contributed by atoms with Crippen LogP contribution in [0, 0.1) is 5.92 Å². The quantitative estimate of drug-likeness (QED) is 0.718. The van der Waals surface area contributed by atoms with Crippen molar-refractivity contribution in [2.24, 2.45) is 5.92 Å². The number of urea groups is 1. The van der Waals surface area contributed by atoms with E-state index in [-0.39, 0.29) is 12.1 Å². The summed E-state index contributed by atoms with van der Waals surface area (Å²) >= 11 is 0. The maximum Gasteiger partial charge on any atom is 0.319 e.